The molecule has 7 nitrogen and oxygen atoms in total. The molecule has 2 saturated carbocycles. The first-order valence-electron chi connectivity index (χ1n) is 10.4. The van der Waals surface area contributed by atoms with Gasteiger partial charge in [0.2, 0.25) is 11.8 Å². The fourth-order valence-electron chi connectivity index (χ4n) is 4.63. The number of amides is 3. The Bertz CT molecular complexity index is 616. The largest absolute Gasteiger partial charge is 0.450 e. The van der Waals surface area contributed by atoms with Crippen LogP contribution < -0.4 is 16.0 Å². The van der Waals surface area contributed by atoms with Crippen LogP contribution >= 0.6 is 23.5 Å². The SMILES string of the molecule is CCOC(=O)NC(=O)C1C(NC(=O)C2NC3CCCCC3S2)SCC1C1CC1. The molecule has 0 spiro atoms. The van der Waals surface area contributed by atoms with Gasteiger partial charge in [0.1, 0.15) is 5.37 Å². The average Bonchev–Trinajstić information content (AvgIpc) is 3.27. The molecule has 0 aromatic carbocycles. The molecule has 2 saturated heterocycles. The second kappa shape index (κ2) is 8.83. The Morgan fingerprint density at radius 2 is 1.89 bits per heavy atom. The lowest BCUT2D eigenvalue weighted by Crippen LogP contribution is -2.50. The average molecular weight is 428 g/mol. The maximum absolute atomic E-state index is 12.9. The topological polar surface area (TPSA) is 96.5 Å². The van der Waals surface area contributed by atoms with Gasteiger partial charge in [0.05, 0.1) is 17.9 Å². The minimum atomic E-state index is -0.707. The van der Waals surface area contributed by atoms with Crippen LogP contribution in [0.5, 0.6) is 0 Å². The van der Waals surface area contributed by atoms with Crippen molar-refractivity contribution in [2.24, 2.45) is 17.8 Å². The van der Waals surface area contributed by atoms with Crippen molar-refractivity contribution >= 4 is 41.4 Å². The second-order valence-corrected chi connectivity index (χ2v) is 10.6. The highest BCUT2D eigenvalue weighted by molar-refractivity contribution is 8.01. The smallest absolute Gasteiger partial charge is 0.413 e. The zero-order valence-corrected chi connectivity index (χ0v) is 17.8. The van der Waals surface area contributed by atoms with Gasteiger partial charge in [0, 0.05) is 11.3 Å². The molecule has 3 N–H and O–H groups in total. The number of carbonyl (C=O) groups excluding carboxylic acids is 3. The zero-order chi connectivity index (χ0) is 19.7. The van der Waals surface area contributed by atoms with E-state index in [0.29, 0.717) is 17.2 Å². The molecule has 28 heavy (non-hydrogen) atoms. The summed E-state index contributed by atoms with van der Waals surface area (Å²) in [5.41, 5.74) is 0. The first-order valence-corrected chi connectivity index (χ1v) is 12.4. The standard InChI is InChI=1S/C19H29N3O4S2/c1-2-26-19(25)22-15(23)14-11(10-7-8-10)9-27-17(14)21-16(24)18-20-12-5-3-4-6-13(12)28-18/h10-14,17-18,20H,2-9H2,1H3,(H,21,24)(H,22,23,25). The Balaban J connectivity index is 1.38. The first-order chi connectivity index (χ1) is 13.6. The highest BCUT2D eigenvalue weighted by Gasteiger charge is 2.50. The zero-order valence-electron chi connectivity index (χ0n) is 16.1. The number of carbonyl (C=O) groups is 3. The predicted molar refractivity (Wildman–Crippen MR) is 110 cm³/mol. The molecule has 0 radical (unpaired) electrons. The molecule has 0 bridgehead atoms. The molecule has 6 unspecified atom stereocenters. The fraction of sp³-hybridized carbons (Fsp3) is 0.842. The molecule has 0 aromatic heterocycles. The number of imide groups is 1. The molecule has 4 rings (SSSR count). The maximum atomic E-state index is 12.9. The molecular weight excluding hydrogens is 398 g/mol. The van der Waals surface area contributed by atoms with Crippen LogP contribution in [0.4, 0.5) is 4.79 Å². The summed E-state index contributed by atoms with van der Waals surface area (Å²) in [7, 11) is 0. The summed E-state index contributed by atoms with van der Waals surface area (Å²) in [6.45, 7) is 1.92. The summed E-state index contributed by atoms with van der Waals surface area (Å²) < 4.78 is 4.86. The molecule has 2 aliphatic carbocycles. The second-order valence-electron chi connectivity index (χ2n) is 8.11. The van der Waals surface area contributed by atoms with Gasteiger partial charge in [0.25, 0.3) is 0 Å². The summed E-state index contributed by atoms with van der Waals surface area (Å²) >= 11 is 3.35. The van der Waals surface area contributed by atoms with Crippen molar-refractivity contribution < 1.29 is 19.1 Å². The van der Waals surface area contributed by atoms with E-state index in [2.05, 4.69) is 16.0 Å². The van der Waals surface area contributed by atoms with E-state index in [9.17, 15) is 14.4 Å². The lowest BCUT2D eigenvalue weighted by molar-refractivity contribution is -0.126. The Labute approximate surface area is 174 Å². The molecule has 3 amide bonds. The highest BCUT2D eigenvalue weighted by atomic mass is 32.2. The molecule has 2 aliphatic heterocycles. The third-order valence-electron chi connectivity index (χ3n) is 6.19. The van der Waals surface area contributed by atoms with E-state index in [1.165, 1.54) is 19.3 Å². The quantitative estimate of drug-likeness (QED) is 0.618. The highest BCUT2D eigenvalue weighted by Crippen LogP contribution is 2.49. The summed E-state index contributed by atoms with van der Waals surface area (Å²) in [6.07, 6.45) is 6.30. The van der Waals surface area contributed by atoms with E-state index in [-0.39, 0.29) is 41.0 Å². The van der Waals surface area contributed by atoms with Crippen LogP contribution in [-0.2, 0) is 14.3 Å². The van der Waals surface area contributed by atoms with E-state index in [1.807, 2.05) is 0 Å². The normalized spacial score (nSPS) is 37.2. The first kappa shape index (κ1) is 20.3. The number of hydrogen-bond donors (Lipinski definition) is 3. The Kier molecular flexibility index (Phi) is 6.42. The van der Waals surface area contributed by atoms with Crippen LogP contribution in [0.25, 0.3) is 0 Å². The van der Waals surface area contributed by atoms with Crippen LogP contribution in [0.2, 0.25) is 0 Å². The number of ether oxygens (including phenoxy) is 1. The number of hydrogen-bond acceptors (Lipinski definition) is 7. The lowest BCUT2D eigenvalue weighted by atomic mass is 9.89. The Hall–Kier alpha value is -0.930. The van der Waals surface area contributed by atoms with Gasteiger partial charge in [-0.25, -0.2) is 4.79 Å². The minimum Gasteiger partial charge on any atom is -0.450 e. The van der Waals surface area contributed by atoms with E-state index in [4.69, 9.17) is 4.74 Å². The van der Waals surface area contributed by atoms with Crippen LogP contribution in [-0.4, -0.2) is 52.3 Å². The molecule has 0 aromatic rings. The van der Waals surface area contributed by atoms with Gasteiger partial charge in [0.15, 0.2) is 0 Å². The van der Waals surface area contributed by atoms with Crippen LogP contribution in [0.3, 0.4) is 0 Å². The molecule has 6 atom stereocenters. The third-order valence-corrected chi connectivity index (χ3v) is 9.07. The summed E-state index contributed by atoms with van der Waals surface area (Å²) in [6, 6.07) is 0.424. The van der Waals surface area contributed by atoms with Crippen molar-refractivity contribution in [1.82, 2.24) is 16.0 Å². The van der Waals surface area contributed by atoms with Crippen molar-refractivity contribution in [3.63, 3.8) is 0 Å². The molecule has 156 valence electrons. The van der Waals surface area contributed by atoms with Crippen LogP contribution in [0.15, 0.2) is 0 Å². The van der Waals surface area contributed by atoms with Gasteiger partial charge in [-0.15, -0.1) is 23.5 Å². The van der Waals surface area contributed by atoms with Crippen LogP contribution in [0, 0.1) is 17.8 Å². The third kappa shape index (κ3) is 4.46. The van der Waals surface area contributed by atoms with Gasteiger partial charge < -0.3 is 10.1 Å². The van der Waals surface area contributed by atoms with Gasteiger partial charge in [-0.2, -0.15) is 0 Å². The van der Waals surface area contributed by atoms with Crippen molar-refractivity contribution in [3.8, 4) is 0 Å². The van der Waals surface area contributed by atoms with Crippen LogP contribution in [0.1, 0.15) is 45.4 Å². The van der Waals surface area contributed by atoms with Crippen molar-refractivity contribution in [1.29, 1.82) is 0 Å². The number of nitrogens with one attached hydrogen (secondary N) is 3. The summed E-state index contributed by atoms with van der Waals surface area (Å²) in [4.78, 5) is 37.4. The van der Waals surface area contributed by atoms with Gasteiger partial charge in [-0.1, -0.05) is 12.8 Å². The number of alkyl carbamates (subject to hydrolysis) is 1. The van der Waals surface area contributed by atoms with Crippen molar-refractivity contribution in [3.05, 3.63) is 0 Å². The minimum absolute atomic E-state index is 0.0396. The Morgan fingerprint density at radius 1 is 1.11 bits per heavy atom. The molecule has 9 heteroatoms. The molecule has 4 fully saturated rings. The van der Waals surface area contributed by atoms with E-state index >= 15 is 0 Å². The number of thioether (sulfide) groups is 2. The summed E-state index contributed by atoms with van der Waals surface area (Å²) in [5.74, 6) is 0.811. The van der Waals surface area contributed by atoms with Gasteiger partial charge >= 0.3 is 6.09 Å². The van der Waals surface area contributed by atoms with E-state index in [0.717, 1.165) is 25.0 Å². The predicted octanol–water partition coefficient (Wildman–Crippen LogP) is 2.06. The van der Waals surface area contributed by atoms with E-state index < -0.39 is 6.09 Å². The van der Waals surface area contributed by atoms with E-state index in [1.54, 1.807) is 30.4 Å². The number of fused-ring (bicyclic) bond motifs is 1. The molecule has 4 aliphatic rings. The molecular formula is C19H29N3O4S2. The Morgan fingerprint density at radius 3 is 2.61 bits per heavy atom. The monoisotopic (exact) mass is 427 g/mol. The molecule has 2 heterocycles. The van der Waals surface area contributed by atoms with Gasteiger partial charge in [-0.3, -0.25) is 20.2 Å². The summed E-state index contributed by atoms with van der Waals surface area (Å²) in [5, 5.41) is 8.92. The number of rotatable bonds is 5. The fourth-order valence-corrected chi connectivity index (χ4v) is 7.77. The van der Waals surface area contributed by atoms with Crippen molar-refractivity contribution in [2.45, 2.75) is 67.5 Å². The van der Waals surface area contributed by atoms with Gasteiger partial charge in [-0.05, 0) is 50.2 Å². The lowest BCUT2D eigenvalue weighted by Gasteiger charge is -2.24. The van der Waals surface area contributed by atoms with Crippen molar-refractivity contribution in [2.75, 3.05) is 12.4 Å². The maximum Gasteiger partial charge on any atom is 0.413 e.